The summed E-state index contributed by atoms with van der Waals surface area (Å²) in [5.74, 6) is 0.444. The van der Waals surface area contributed by atoms with Crippen molar-refractivity contribution in [2.75, 3.05) is 6.61 Å². The van der Waals surface area contributed by atoms with Gasteiger partial charge in [0.05, 0.1) is 0 Å². The van der Waals surface area contributed by atoms with Crippen molar-refractivity contribution in [1.29, 1.82) is 0 Å². The third-order valence-electron chi connectivity index (χ3n) is 6.31. The van der Waals surface area contributed by atoms with Crippen LogP contribution in [0.25, 0.3) is 0 Å². The summed E-state index contributed by atoms with van der Waals surface area (Å²) in [4.78, 5) is 17.0. The molecule has 2 aliphatic carbocycles. The van der Waals surface area contributed by atoms with Gasteiger partial charge in [-0.2, -0.15) is 5.10 Å². The Morgan fingerprint density at radius 3 is 2.81 bits per heavy atom. The quantitative estimate of drug-likeness (QED) is 0.469. The molecule has 6 nitrogen and oxygen atoms in total. The Bertz CT molecular complexity index is 775. The Hall–Kier alpha value is -2.08. The van der Waals surface area contributed by atoms with E-state index in [9.17, 15) is 4.79 Å². The van der Waals surface area contributed by atoms with Crippen molar-refractivity contribution in [2.45, 2.75) is 40.0 Å². The molecule has 0 unspecified atom stereocenters. The van der Waals surface area contributed by atoms with Gasteiger partial charge in [-0.1, -0.05) is 49.7 Å². The van der Waals surface area contributed by atoms with Gasteiger partial charge in [0, 0.05) is 21.7 Å². The number of hydrazone groups is 1. The van der Waals surface area contributed by atoms with Crippen LogP contribution in [0.3, 0.4) is 0 Å². The smallest absolute Gasteiger partial charge is 0.280 e. The van der Waals surface area contributed by atoms with E-state index >= 15 is 0 Å². The summed E-state index contributed by atoms with van der Waals surface area (Å²) < 4.78 is 0. The molecule has 0 radical (unpaired) electrons. The SMILES string of the molecule is CC1(C)[C@H]2CC[C@]1(C)C(=NNC(=O)CON=C(N)c1cccc(Cl)c1)C2. The molecule has 140 valence electrons. The lowest BCUT2D eigenvalue weighted by Gasteiger charge is -2.34. The number of oxime groups is 1. The maximum absolute atomic E-state index is 12.0. The van der Waals surface area contributed by atoms with Gasteiger partial charge >= 0.3 is 0 Å². The van der Waals surface area contributed by atoms with E-state index in [1.807, 2.05) is 0 Å². The van der Waals surface area contributed by atoms with Crippen molar-refractivity contribution in [3.63, 3.8) is 0 Å². The molecule has 2 bridgehead atoms. The molecule has 1 amide bonds. The number of benzene rings is 1. The van der Waals surface area contributed by atoms with E-state index in [2.05, 4.69) is 36.5 Å². The second-order valence-corrected chi connectivity index (χ2v) is 8.28. The fourth-order valence-corrected chi connectivity index (χ4v) is 4.31. The van der Waals surface area contributed by atoms with E-state index in [1.54, 1.807) is 24.3 Å². The minimum Gasteiger partial charge on any atom is -0.384 e. The van der Waals surface area contributed by atoms with Crippen molar-refractivity contribution in [3.8, 4) is 0 Å². The van der Waals surface area contributed by atoms with Crippen molar-refractivity contribution in [1.82, 2.24) is 5.43 Å². The monoisotopic (exact) mass is 376 g/mol. The first-order valence-electron chi connectivity index (χ1n) is 8.81. The van der Waals surface area contributed by atoms with E-state index in [0.29, 0.717) is 16.5 Å². The summed E-state index contributed by atoms with van der Waals surface area (Å²) in [5, 5.41) is 8.69. The number of hydrogen-bond acceptors (Lipinski definition) is 4. The number of halogens is 1. The number of hydrogen-bond donors (Lipinski definition) is 2. The highest BCUT2D eigenvalue weighted by molar-refractivity contribution is 6.31. The molecule has 0 saturated heterocycles. The molecule has 0 aliphatic heterocycles. The minimum atomic E-state index is -0.357. The van der Waals surface area contributed by atoms with Gasteiger partial charge in [-0.05, 0) is 42.7 Å². The molecule has 26 heavy (non-hydrogen) atoms. The molecule has 0 spiro atoms. The molecule has 3 rings (SSSR count). The number of nitrogens with one attached hydrogen (secondary N) is 1. The summed E-state index contributed by atoms with van der Waals surface area (Å²) in [6, 6.07) is 6.94. The fourth-order valence-electron chi connectivity index (χ4n) is 4.12. The van der Waals surface area contributed by atoms with Crippen LogP contribution in [0.2, 0.25) is 5.02 Å². The summed E-state index contributed by atoms with van der Waals surface area (Å²) in [6.45, 7) is 6.59. The lowest BCUT2D eigenvalue weighted by atomic mass is 9.70. The highest BCUT2D eigenvalue weighted by Crippen LogP contribution is 2.63. The highest BCUT2D eigenvalue weighted by atomic mass is 35.5. The first-order chi connectivity index (χ1) is 12.2. The van der Waals surface area contributed by atoms with Crippen LogP contribution in [-0.4, -0.2) is 24.1 Å². The number of amides is 1. The van der Waals surface area contributed by atoms with Gasteiger partial charge in [-0.3, -0.25) is 4.79 Å². The third-order valence-corrected chi connectivity index (χ3v) is 6.54. The first kappa shape index (κ1) is 18.7. The van der Waals surface area contributed by atoms with Gasteiger partial charge in [-0.15, -0.1) is 0 Å². The lowest BCUT2D eigenvalue weighted by molar-refractivity contribution is -0.125. The predicted octanol–water partition coefficient (Wildman–Crippen LogP) is 3.30. The maximum Gasteiger partial charge on any atom is 0.280 e. The van der Waals surface area contributed by atoms with Gasteiger partial charge in [0.2, 0.25) is 0 Å². The first-order valence-corrected chi connectivity index (χ1v) is 9.19. The molecular formula is C19H25ClN4O2. The lowest BCUT2D eigenvalue weighted by Crippen LogP contribution is -2.34. The topological polar surface area (TPSA) is 89.1 Å². The second kappa shape index (κ2) is 6.91. The molecule has 3 N–H and O–H groups in total. The zero-order valence-electron chi connectivity index (χ0n) is 15.4. The summed E-state index contributed by atoms with van der Waals surface area (Å²) in [6.07, 6.45) is 3.30. The molecule has 0 heterocycles. The fraction of sp³-hybridized carbons (Fsp3) is 0.526. The Morgan fingerprint density at radius 2 is 2.19 bits per heavy atom. The van der Waals surface area contributed by atoms with Gasteiger partial charge in [-0.25, -0.2) is 5.43 Å². The van der Waals surface area contributed by atoms with Gasteiger partial charge in [0.15, 0.2) is 12.4 Å². The largest absolute Gasteiger partial charge is 0.384 e. The van der Waals surface area contributed by atoms with Crippen molar-refractivity contribution >= 4 is 29.1 Å². The van der Waals surface area contributed by atoms with Crippen LogP contribution < -0.4 is 11.2 Å². The molecule has 1 aromatic carbocycles. The zero-order chi connectivity index (χ0) is 18.9. The van der Waals surface area contributed by atoms with Crippen LogP contribution in [0.5, 0.6) is 0 Å². The van der Waals surface area contributed by atoms with Crippen molar-refractivity contribution in [2.24, 2.45) is 32.7 Å². The summed E-state index contributed by atoms with van der Waals surface area (Å²) >= 11 is 5.90. The Labute approximate surface area is 158 Å². The van der Waals surface area contributed by atoms with E-state index in [-0.39, 0.29) is 29.2 Å². The maximum atomic E-state index is 12.0. The van der Waals surface area contributed by atoms with Gasteiger partial charge in [0.1, 0.15) is 0 Å². The summed E-state index contributed by atoms with van der Waals surface area (Å²) in [5.41, 5.74) is 10.4. The van der Waals surface area contributed by atoms with Crippen LogP contribution in [0.15, 0.2) is 34.5 Å². The van der Waals surface area contributed by atoms with Crippen molar-refractivity contribution in [3.05, 3.63) is 34.9 Å². The zero-order valence-corrected chi connectivity index (χ0v) is 16.1. The molecular weight excluding hydrogens is 352 g/mol. The predicted molar refractivity (Wildman–Crippen MR) is 103 cm³/mol. The van der Waals surface area contributed by atoms with E-state index in [1.165, 1.54) is 6.42 Å². The van der Waals surface area contributed by atoms with E-state index in [4.69, 9.17) is 22.2 Å². The summed E-state index contributed by atoms with van der Waals surface area (Å²) in [7, 11) is 0. The number of nitrogens with zero attached hydrogens (tertiary/aromatic N) is 2. The molecule has 2 saturated carbocycles. The van der Waals surface area contributed by atoms with E-state index < -0.39 is 0 Å². The molecule has 0 aromatic heterocycles. The van der Waals surface area contributed by atoms with Crippen LogP contribution in [-0.2, 0) is 9.63 Å². The van der Waals surface area contributed by atoms with Crippen LogP contribution in [0.1, 0.15) is 45.6 Å². The minimum absolute atomic E-state index is 0.0565. The normalized spacial score (nSPS) is 28.4. The Kier molecular flexibility index (Phi) is 4.97. The number of carbonyl (C=O) groups is 1. The number of nitrogens with two attached hydrogens (primary N) is 1. The Morgan fingerprint density at radius 1 is 1.42 bits per heavy atom. The van der Waals surface area contributed by atoms with Gasteiger partial charge < -0.3 is 10.6 Å². The number of rotatable bonds is 5. The Balaban J connectivity index is 1.53. The van der Waals surface area contributed by atoms with Crippen LogP contribution >= 0.6 is 11.6 Å². The second-order valence-electron chi connectivity index (χ2n) is 7.85. The molecule has 2 aliphatic rings. The molecule has 1 aromatic rings. The average molecular weight is 377 g/mol. The van der Waals surface area contributed by atoms with Crippen LogP contribution in [0, 0.1) is 16.7 Å². The third kappa shape index (κ3) is 3.30. The number of fused-ring (bicyclic) bond motifs is 2. The van der Waals surface area contributed by atoms with Gasteiger partial charge in [0.25, 0.3) is 5.91 Å². The molecule has 7 heteroatoms. The highest BCUT2D eigenvalue weighted by Gasteiger charge is 2.59. The van der Waals surface area contributed by atoms with Crippen molar-refractivity contribution < 1.29 is 9.63 Å². The van der Waals surface area contributed by atoms with Crippen LogP contribution in [0.4, 0.5) is 0 Å². The molecule has 2 atom stereocenters. The standard InChI is InChI=1S/C19H25ClN4O2/c1-18(2)13-7-8-19(18,3)15(10-13)22-23-16(25)11-26-24-17(21)12-5-4-6-14(20)9-12/h4-6,9,13H,7-8,10-11H2,1-3H3,(H2,21,24)(H,23,25)/t13-,19+/m0/s1. The number of amidine groups is 1. The molecule has 2 fully saturated rings. The van der Waals surface area contributed by atoms with E-state index in [0.717, 1.165) is 18.6 Å². The number of carbonyl (C=O) groups excluding carboxylic acids is 1. The average Bonchev–Trinajstić information content (AvgIpc) is 2.93.